The lowest BCUT2D eigenvalue weighted by Gasteiger charge is -2.32. The largest absolute Gasteiger partial charge is 0.478 e. The topological polar surface area (TPSA) is 102 Å². The average molecular weight is 256 g/mol. The Hall–Kier alpha value is -1.93. The molecule has 1 rings (SSSR count). The van der Waals surface area contributed by atoms with Crippen LogP contribution in [0, 0.1) is 0 Å². The van der Waals surface area contributed by atoms with Gasteiger partial charge < -0.3 is 10.0 Å². The lowest BCUT2D eigenvalue weighted by atomic mass is 10.4. The third kappa shape index (κ3) is 5.41. The van der Waals surface area contributed by atoms with Crippen molar-refractivity contribution >= 4 is 17.9 Å². The predicted molar refractivity (Wildman–Crippen MR) is 62.5 cm³/mol. The standard InChI is InChI=1S/C10H16N4O4/c1-13-4-6-14(7-5-13)12-10(18)11-8(15)2-3-9(16)17/h2-3H,4-7H2,1H3,(H,16,17)(H2,11,12,15,18)/b3-2+. The maximum atomic E-state index is 11.4. The second-order valence-corrected chi connectivity index (χ2v) is 3.89. The van der Waals surface area contributed by atoms with Crippen molar-refractivity contribution in [2.24, 2.45) is 0 Å². The first-order valence-corrected chi connectivity index (χ1v) is 5.43. The van der Waals surface area contributed by atoms with Crippen LogP contribution in [0.3, 0.4) is 0 Å². The summed E-state index contributed by atoms with van der Waals surface area (Å²) in [5.41, 5.74) is 2.51. The van der Waals surface area contributed by atoms with E-state index in [9.17, 15) is 14.4 Å². The SMILES string of the molecule is CN1CCN(NC(=O)NC(=O)/C=C/C(=O)O)CC1. The number of nitrogens with zero attached hydrogens (tertiary/aromatic N) is 2. The second-order valence-electron chi connectivity index (χ2n) is 3.89. The van der Waals surface area contributed by atoms with Crippen molar-refractivity contribution in [3.8, 4) is 0 Å². The van der Waals surface area contributed by atoms with Gasteiger partial charge >= 0.3 is 12.0 Å². The number of amides is 3. The molecule has 8 nitrogen and oxygen atoms in total. The van der Waals surface area contributed by atoms with Crippen molar-refractivity contribution in [1.82, 2.24) is 20.7 Å². The van der Waals surface area contributed by atoms with Gasteiger partial charge in [-0.2, -0.15) is 0 Å². The van der Waals surface area contributed by atoms with Gasteiger partial charge in [0.15, 0.2) is 0 Å². The number of hydrogen-bond donors (Lipinski definition) is 3. The minimum absolute atomic E-state index is 0.665. The fourth-order valence-corrected chi connectivity index (χ4v) is 1.39. The first-order valence-electron chi connectivity index (χ1n) is 5.43. The van der Waals surface area contributed by atoms with Gasteiger partial charge in [-0.3, -0.25) is 15.5 Å². The van der Waals surface area contributed by atoms with Crippen LogP contribution in [-0.2, 0) is 9.59 Å². The second kappa shape index (κ2) is 6.72. The summed E-state index contributed by atoms with van der Waals surface area (Å²) in [6, 6.07) is -0.667. The molecule has 1 aliphatic heterocycles. The molecule has 0 aliphatic carbocycles. The van der Waals surface area contributed by atoms with Crippen LogP contribution in [0.2, 0.25) is 0 Å². The fraction of sp³-hybridized carbons (Fsp3) is 0.500. The number of carboxylic acid groups (broad SMARTS) is 1. The molecular weight excluding hydrogens is 240 g/mol. The van der Waals surface area contributed by atoms with Crippen LogP contribution in [0.1, 0.15) is 0 Å². The lowest BCUT2D eigenvalue weighted by molar-refractivity contribution is -0.131. The average Bonchev–Trinajstić information content (AvgIpc) is 2.29. The van der Waals surface area contributed by atoms with E-state index in [1.807, 2.05) is 12.4 Å². The monoisotopic (exact) mass is 256 g/mol. The molecule has 0 aromatic rings. The predicted octanol–water partition coefficient (Wildman–Crippen LogP) is -1.38. The van der Waals surface area contributed by atoms with Crippen molar-refractivity contribution in [3.63, 3.8) is 0 Å². The first kappa shape index (κ1) is 14.1. The summed E-state index contributed by atoms with van der Waals surface area (Å²) in [7, 11) is 1.98. The number of hydrogen-bond acceptors (Lipinski definition) is 5. The summed E-state index contributed by atoms with van der Waals surface area (Å²) in [5.74, 6) is -2.02. The number of likely N-dealkylation sites (N-methyl/N-ethyl adjacent to an activating group) is 1. The van der Waals surface area contributed by atoms with Crippen LogP contribution in [0.25, 0.3) is 0 Å². The first-order chi connectivity index (χ1) is 8.47. The zero-order valence-electron chi connectivity index (χ0n) is 10.0. The Balaban J connectivity index is 2.29. The highest BCUT2D eigenvalue weighted by atomic mass is 16.4. The summed E-state index contributed by atoms with van der Waals surface area (Å²) >= 11 is 0. The molecule has 0 unspecified atom stereocenters. The summed E-state index contributed by atoms with van der Waals surface area (Å²) in [6.07, 6.45) is 1.45. The highest BCUT2D eigenvalue weighted by Crippen LogP contribution is 1.94. The van der Waals surface area contributed by atoms with Crippen molar-refractivity contribution in [2.45, 2.75) is 0 Å². The van der Waals surface area contributed by atoms with E-state index in [2.05, 4.69) is 10.3 Å². The van der Waals surface area contributed by atoms with Gasteiger partial charge in [0.1, 0.15) is 0 Å². The van der Waals surface area contributed by atoms with Crippen LogP contribution in [-0.4, -0.2) is 66.1 Å². The molecule has 0 atom stereocenters. The van der Waals surface area contributed by atoms with E-state index in [0.29, 0.717) is 19.2 Å². The Kier molecular flexibility index (Phi) is 5.28. The number of hydrazine groups is 1. The van der Waals surface area contributed by atoms with Gasteiger partial charge in [-0.1, -0.05) is 0 Å². The highest BCUT2D eigenvalue weighted by Gasteiger charge is 2.16. The molecule has 0 aromatic carbocycles. The van der Waals surface area contributed by atoms with Gasteiger partial charge in [-0.05, 0) is 7.05 Å². The molecule has 0 spiro atoms. The van der Waals surface area contributed by atoms with E-state index in [4.69, 9.17) is 5.11 Å². The zero-order chi connectivity index (χ0) is 13.5. The Labute approximate surface area is 104 Å². The molecule has 3 N–H and O–H groups in total. The third-order valence-electron chi connectivity index (χ3n) is 2.38. The normalized spacial score (nSPS) is 17.6. The van der Waals surface area contributed by atoms with E-state index in [1.54, 1.807) is 5.01 Å². The van der Waals surface area contributed by atoms with Crippen molar-refractivity contribution in [3.05, 3.63) is 12.2 Å². The minimum Gasteiger partial charge on any atom is -0.478 e. The molecular formula is C10H16N4O4. The van der Waals surface area contributed by atoms with E-state index in [0.717, 1.165) is 19.2 Å². The Bertz CT molecular complexity index is 361. The maximum absolute atomic E-state index is 11.4. The zero-order valence-corrected chi connectivity index (χ0v) is 10.0. The molecule has 1 aliphatic rings. The van der Waals surface area contributed by atoms with Crippen molar-refractivity contribution in [2.75, 3.05) is 33.2 Å². The molecule has 0 radical (unpaired) electrons. The van der Waals surface area contributed by atoms with Crippen LogP contribution < -0.4 is 10.7 Å². The molecule has 8 heteroatoms. The van der Waals surface area contributed by atoms with Gasteiger partial charge in [0.05, 0.1) is 0 Å². The van der Waals surface area contributed by atoms with E-state index >= 15 is 0 Å². The summed E-state index contributed by atoms with van der Waals surface area (Å²) < 4.78 is 0. The molecule has 3 amide bonds. The highest BCUT2D eigenvalue weighted by molar-refractivity contribution is 6.02. The number of carboxylic acids is 1. The van der Waals surface area contributed by atoms with Crippen molar-refractivity contribution in [1.29, 1.82) is 0 Å². The Morgan fingerprint density at radius 2 is 1.72 bits per heavy atom. The number of nitrogens with one attached hydrogen (secondary N) is 2. The number of piperazine rings is 1. The molecule has 1 heterocycles. The smallest absolute Gasteiger partial charge is 0.336 e. The Morgan fingerprint density at radius 1 is 1.11 bits per heavy atom. The molecule has 0 saturated carbocycles. The van der Waals surface area contributed by atoms with Crippen molar-refractivity contribution < 1.29 is 19.5 Å². The fourth-order valence-electron chi connectivity index (χ4n) is 1.39. The summed E-state index contributed by atoms with van der Waals surface area (Å²) in [6.45, 7) is 2.99. The van der Waals surface area contributed by atoms with Gasteiger partial charge in [-0.25, -0.2) is 14.6 Å². The molecule has 1 saturated heterocycles. The van der Waals surface area contributed by atoms with E-state index < -0.39 is 17.9 Å². The molecule has 18 heavy (non-hydrogen) atoms. The van der Waals surface area contributed by atoms with E-state index in [-0.39, 0.29) is 0 Å². The van der Waals surface area contributed by atoms with Gasteiger partial charge in [-0.15, -0.1) is 0 Å². The Morgan fingerprint density at radius 3 is 2.28 bits per heavy atom. The lowest BCUT2D eigenvalue weighted by Crippen LogP contribution is -2.55. The molecule has 1 fully saturated rings. The van der Waals surface area contributed by atoms with Crippen LogP contribution in [0.5, 0.6) is 0 Å². The summed E-state index contributed by atoms with van der Waals surface area (Å²) in [4.78, 5) is 34.7. The van der Waals surface area contributed by atoms with Crippen LogP contribution in [0.15, 0.2) is 12.2 Å². The molecule has 0 bridgehead atoms. The number of aliphatic carboxylic acids is 1. The van der Waals surface area contributed by atoms with Crippen LogP contribution >= 0.6 is 0 Å². The third-order valence-corrected chi connectivity index (χ3v) is 2.38. The van der Waals surface area contributed by atoms with Crippen LogP contribution in [0.4, 0.5) is 4.79 Å². The molecule has 100 valence electrons. The van der Waals surface area contributed by atoms with Gasteiger partial charge in [0.2, 0.25) is 0 Å². The maximum Gasteiger partial charge on any atom is 0.336 e. The van der Waals surface area contributed by atoms with Gasteiger partial charge in [0, 0.05) is 38.3 Å². The number of rotatable bonds is 3. The minimum atomic E-state index is -1.25. The number of imide groups is 1. The number of carbonyl (C=O) groups is 3. The summed E-state index contributed by atoms with van der Waals surface area (Å²) in [5, 5.41) is 12.0. The quantitative estimate of drug-likeness (QED) is 0.538. The molecule has 0 aromatic heterocycles. The number of carbonyl (C=O) groups excluding carboxylic acids is 2. The van der Waals surface area contributed by atoms with E-state index in [1.165, 1.54) is 0 Å². The van der Waals surface area contributed by atoms with Gasteiger partial charge in [0.25, 0.3) is 5.91 Å². The number of urea groups is 1.